The third-order valence-corrected chi connectivity index (χ3v) is 7.43. The van der Waals surface area contributed by atoms with Gasteiger partial charge in [0.05, 0.1) is 24.5 Å². The lowest BCUT2D eigenvalue weighted by Crippen LogP contribution is -2.47. The molecule has 0 saturated heterocycles. The second kappa shape index (κ2) is 16.8. The Morgan fingerprint density at radius 1 is 0.773 bits per heavy atom. The number of carbonyl (C=O) groups is 4. The number of nitrogens with zero attached hydrogens (tertiary/aromatic N) is 1. The minimum absolute atomic E-state index is 0.0362. The van der Waals surface area contributed by atoms with E-state index in [-0.39, 0.29) is 50.5 Å². The number of ketones is 2. The summed E-state index contributed by atoms with van der Waals surface area (Å²) in [6, 6.07) is 27.5. The minimum Gasteiger partial charge on any atom is -0.461 e. The molecule has 1 aromatic heterocycles. The Morgan fingerprint density at radius 2 is 1.48 bits per heavy atom. The van der Waals surface area contributed by atoms with Gasteiger partial charge in [-0.25, -0.2) is 0 Å². The van der Waals surface area contributed by atoms with E-state index in [1.807, 2.05) is 91.0 Å². The second-order valence-corrected chi connectivity index (χ2v) is 10.8. The van der Waals surface area contributed by atoms with Gasteiger partial charge in [-0.2, -0.15) is 0 Å². The van der Waals surface area contributed by atoms with E-state index in [2.05, 4.69) is 10.3 Å². The number of esters is 1. The molecule has 8 heteroatoms. The molecule has 1 amide bonds. The van der Waals surface area contributed by atoms with Crippen LogP contribution in [0.1, 0.15) is 42.4 Å². The summed E-state index contributed by atoms with van der Waals surface area (Å²) in [6.07, 6.45) is 2.64. The Balaban J connectivity index is 1.40. The largest absolute Gasteiger partial charge is 0.461 e. The number of benzene rings is 3. The van der Waals surface area contributed by atoms with Gasteiger partial charge >= 0.3 is 5.97 Å². The Labute approximate surface area is 257 Å². The molecule has 1 heterocycles. The third-order valence-electron chi connectivity index (χ3n) is 7.43. The first-order valence-corrected chi connectivity index (χ1v) is 14.8. The lowest BCUT2D eigenvalue weighted by Gasteiger charge is -2.21. The SMILES string of the molecule is COC[C@H](NC(=O)[C@@H](CC(=O)CCc1ccccc1)CC(=O)OCc1ccccc1)C(=O)CCc1cccc2cccnc12. The molecular weight excluding hydrogens is 556 g/mol. The first-order chi connectivity index (χ1) is 21.4. The molecule has 0 aliphatic rings. The number of para-hydroxylation sites is 1. The van der Waals surface area contributed by atoms with Gasteiger partial charge in [-0.3, -0.25) is 24.2 Å². The van der Waals surface area contributed by atoms with Crippen molar-refractivity contribution >= 4 is 34.3 Å². The number of fused-ring (bicyclic) bond motifs is 1. The highest BCUT2D eigenvalue weighted by molar-refractivity contribution is 5.94. The zero-order valence-electron chi connectivity index (χ0n) is 24.9. The van der Waals surface area contributed by atoms with Crippen molar-refractivity contribution in [1.29, 1.82) is 0 Å². The van der Waals surface area contributed by atoms with Gasteiger partial charge in [-0.15, -0.1) is 0 Å². The van der Waals surface area contributed by atoms with E-state index < -0.39 is 23.8 Å². The Morgan fingerprint density at radius 3 is 2.20 bits per heavy atom. The third kappa shape index (κ3) is 9.95. The first kappa shape index (κ1) is 32.2. The van der Waals surface area contributed by atoms with Crippen LogP contribution in [0.25, 0.3) is 10.9 Å². The molecule has 1 N–H and O–H groups in total. The molecule has 4 rings (SSSR count). The maximum Gasteiger partial charge on any atom is 0.306 e. The van der Waals surface area contributed by atoms with Crippen molar-refractivity contribution < 1.29 is 28.7 Å². The molecule has 228 valence electrons. The first-order valence-electron chi connectivity index (χ1n) is 14.8. The minimum atomic E-state index is -0.990. The van der Waals surface area contributed by atoms with Crippen molar-refractivity contribution in [1.82, 2.24) is 10.3 Å². The van der Waals surface area contributed by atoms with Crippen LogP contribution in [-0.4, -0.2) is 48.2 Å². The van der Waals surface area contributed by atoms with Crippen molar-refractivity contribution in [3.8, 4) is 0 Å². The molecule has 0 aliphatic carbocycles. The molecule has 44 heavy (non-hydrogen) atoms. The summed E-state index contributed by atoms with van der Waals surface area (Å²) in [7, 11) is 1.45. The molecule has 2 atom stereocenters. The molecule has 0 saturated carbocycles. The monoisotopic (exact) mass is 594 g/mol. The lowest BCUT2D eigenvalue weighted by molar-refractivity contribution is -0.148. The average molecular weight is 595 g/mol. The maximum atomic E-state index is 13.5. The van der Waals surface area contributed by atoms with Crippen LogP contribution in [0.3, 0.4) is 0 Å². The number of Topliss-reactive ketones (excluding diaryl/α,β-unsaturated/α-hetero) is 2. The molecule has 8 nitrogen and oxygen atoms in total. The van der Waals surface area contributed by atoms with Gasteiger partial charge < -0.3 is 14.8 Å². The molecule has 0 fully saturated rings. The zero-order chi connectivity index (χ0) is 31.1. The number of carbonyl (C=O) groups excluding carboxylic acids is 4. The molecule has 0 spiro atoms. The van der Waals surface area contributed by atoms with Crippen molar-refractivity contribution in [2.24, 2.45) is 5.92 Å². The molecular formula is C36H38N2O6. The fourth-order valence-corrected chi connectivity index (χ4v) is 5.03. The molecule has 4 aromatic rings. The summed E-state index contributed by atoms with van der Waals surface area (Å²) in [6.45, 7) is 0.0231. The number of aryl methyl sites for hydroxylation is 2. The predicted octanol–water partition coefficient (Wildman–Crippen LogP) is 5.21. The summed E-state index contributed by atoms with van der Waals surface area (Å²) in [5, 5.41) is 3.74. The van der Waals surface area contributed by atoms with Crippen LogP contribution in [0.2, 0.25) is 0 Å². The van der Waals surface area contributed by atoms with E-state index in [1.165, 1.54) is 7.11 Å². The second-order valence-electron chi connectivity index (χ2n) is 10.8. The highest BCUT2D eigenvalue weighted by Gasteiger charge is 2.29. The predicted molar refractivity (Wildman–Crippen MR) is 168 cm³/mol. The van der Waals surface area contributed by atoms with Crippen LogP contribution in [0.5, 0.6) is 0 Å². The smallest absolute Gasteiger partial charge is 0.306 e. The fourth-order valence-electron chi connectivity index (χ4n) is 5.03. The number of pyridine rings is 1. The van der Waals surface area contributed by atoms with Gasteiger partial charge in [0.15, 0.2) is 5.78 Å². The van der Waals surface area contributed by atoms with E-state index in [9.17, 15) is 19.2 Å². The lowest BCUT2D eigenvalue weighted by atomic mass is 9.94. The summed E-state index contributed by atoms with van der Waals surface area (Å²) in [5.41, 5.74) is 3.59. The number of methoxy groups -OCH3 is 1. The maximum absolute atomic E-state index is 13.5. The topological polar surface area (TPSA) is 112 Å². The van der Waals surface area contributed by atoms with Gasteiger partial charge in [0.25, 0.3) is 0 Å². The number of amides is 1. The average Bonchev–Trinajstić information content (AvgIpc) is 3.05. The van der Waals surface area contributed by atoms with E-state index >= 15 is 0 Å². The van der Waals surface area contributed by atoms with E-state index in [4.69, 9.17) is 9.47 Å². The number of hydrogen-bond acceptors (Lipinski definition) is 7. The van der Waals surface area contributed by atoms with E-state index in [1.54, 1.807) is 6.20 Å². The summed E-state index contributed by atoms with van der Waals surface area (Å²) in [5.74, 6) is -2.51. The van der Waals surface area contributed by atoms with Crippen LogP contribution in [-0.2, 0) is 48.1 Å². The standard InChI is InChI=1S/C36H38N2O6/c1-43-25-32(33(40)20-18-29-15-8-14-28-16-9-21-37-35(28)29)38-36(42)30(22-31(39)19-17-26-10-4-2-5-11-26)23-34(41)44-24-27-12-6-3-7-13-27/h2-16,21,30,32H,17-20,22-25H2,1H3,(H,38,42)/t30-,32-/m0/s1. The van der Waals surface area contributed by atoms with Gasteiger partial charge in [-0.05, 0) is 35.6 Å². The fraction of sp³-hybridized carbons (Fsp3) is 0.306. The van der Waals surface area contributed by atoms with Crippen LogP contribution in [0.15, 0.2) is 97.2 Å². The van der Waals surface area contributed by atoms with Crippen LogP contribution in [0.4, 0.5) is 0 Å². The number of hydrogen-bond donors (Lipinski definition) is 1. The van der Waals surface area contributed by atoms with E-state index in [0.29, 0.717) is 12.8 Å². The van der Waals surface area contributed by atoms with Crippen molar-refractivity contribution in [2.75, 3.05) is 13.7 Å². The van der Waals surface area contributed by atoms with Gasteiger partial charge in [0, 0.05) is 38.0 Å². The van der Waals surface area contributed by atoms with Gasteiger partial charge in [-0.1, -0.05) is 84.9 Å². The van der Waals surface area contributed by atoms with Crippen LogP contribution in [0, 0.1) is 5.92 Å². The summed E-state index contributed by atoms with van der Waals surface area (Å²) >= 11 is 0. The molecule has 0 aliphatic heterocycles. The normalized spacial score (nSPS) is 12.3. The highest BCUT2D eigenvalue weighted by Crippen LogP contribution is 2.19. The number of nitrogens with one attached hydrogen (secondary N) is 1. The Hall–Kier alpha value is -4.69. The number of ether oxygens (including phenoxy) is 2. The highest BCUT2D eigenvalue weighted by atomic mass is 16.5. The van der Waals surface area contributed by atoms with Gasteiger partial charge in [0.1, 0.15) is 18.4 Å². The summed E-state index contributed by atoms with van der Waals surface area (Å²) in [4.78, 5) is 57.0. The Kier molecular flexibility index (Phi) is 12.3. The van der Waals surface area contributed by atoms with Crippen LogP contribution >= 0.6 is 0 Å². The van der Waals surface area contributed by atoms with Crippen LogP contribution < -0.4 is 5.32 Å². The van der Waals surface area contributed by atoms with Crippen molar-refractivity contribution in [3.63, 3.8) is 0 Å². The molecule has 0 radical (unpaired) electrons. The summed E-state index contributed by atoms with van der Waals surface area (Å²) < 4.78 is 10.7. The Bertz CT molecular complexity index is 1480. The molecule has 0 bridgehead atoms. The quantitative estimate of drug-likeness (QED) is 0.167. The van der Waals surface area contributed by atoms with Crippen molar-refractivity contribution in [2.45, 2.75) is 51.2 Å². The molecule has 3 aromatic carbocycles. The molecule has 0 unspecified atom stereocenters. The van der Waals surface area contributed by atoms with Crippen molar-refractivity contribution in [3.05, 3.63) is 114 Å². The number of aromatic nitrogens is 1. The zero-order valence-corrected chi connectivity index (χ0v) is 24.9. The number of rotatable bonds is 17. The van der Waals surface area contributed by atoms with Gasteiger partial charge in [0.2, 0.25) is 5.91 Å². The van der Waals surface area contributed by atoms with E-state index in [0.717, 1.165) is 27.6 Å².